The molecule has 256 valence electrons. The fourth-order valence-electron chi connectivity index (χ4n) is 3.29. The number of carboxylic acid groups (broad SMARTS) is 1. The van der Waals surface area contributed by atoms with Gasteiger partial charge < -0.3 is 34.7 Å². The summed E-state index contributed by atoms with van der Waals surface area (Å²) in [4.78, 5) is 79.6. The zero-order chi connectivity index (χ0) is 35.5. The van der Waals surface area contributed by atoms with Crippen molar-refractivity contribution >= 4 is 41.9 Å². The number of imide groups is 1. The van der Waals surface area contributed by atoms with Crippen molar-refractivity contribution in [2.24, 2.45) is 4.99 Å². The summed E-state index contributed by atoms with van der Waals surface area (Å²) >= 11 is 0. The molecule has 0 saturated carbocycles. The number of benzene rings is 1. The molecule has 0 fully saturated rings. The maximum absolute atomic E-state index is 13.3. The standard InChI is InChI=1S/C31H46N4O11/c1-19(24(38)32-16-11-17-43-18-22(36)37)33-25(39)21-14-12-20(13-15-21)23(34-26(40)44-29(2,3)4)35(27(41)45-30(5,6)7)28(42)46-31(8,9)10/h12-15,19H,11,16-18H2,1-10H3,(H,32,38)(H,33,39)(H,36,37)/t19-/m0/s1. The van der Waals surface area contributed by atoms with Gasteiger partial charge in [-0.15, -0.1) is 0 Å². The third kappa shape index (κ3) is 15.5. The lowest BCUT2D eigenvalue weighted by atomic mass is 10.1. The molecule has 0 radical (unpaired) electrons. The number of carbonyl (C=O) groups is 6. The number of hydrogen-bond donors (Lipinski definition) is 3. The van der Waals surface area contributed by atoms with Crippen LogP contribution < -0.4 is 10.6 Å². The van der Waals surface area contributed by atoms with E-state index in [0.29, 0.717) is 11.3 Å². The van der Waals surface area contributed by atoms with Gasteiger partial charge in [0.05, 0.1) is 0 Å². The Hall–Kier alpha value is -4.53. The number of amidine groups is 1. The van der Waals surface area contributed by atoms with Crippen LogP contribution in [-0.2, 0) is 28.5 Å². The van der Waals surface area contributed by atoms with E-state index in [9.17, 15) is 28.8 Å². The number of carboxylic acids is 1. The van der Waals surface area contributed by atoms with Crippen molar-refractivity contribution < 1.29 is 52.8 Å². The summed E-state index contributed by atoms with van der Waals surface area (Å²) in [5, 5.41) is 13.7. The van der Waals surface area contributed by atoms with Gasteiger partial charge in [-0.25, -0.2) is 19.2 Å². The van der Waals surface area contributed by atoms with E-state index >= 15 is 0 Å². The molecule has 0 heterocycles. The molecule has 1 rings (SSSR count). The maximum atomic E-state index is 13.3. The maximum Gasteiger partial charge on any atom is 0.436 e. The van der Waals surface area contributed by atoms with Gasteiger partial charge >= 0.3 is 24.2 Å². The first-order chi connectivity index (χ1) is 21.0. The lowest BCUT2D eigenvalue weighted by Gasteiger charge is -2.29. The van der Waals surface area contributed by atoms with Crippen LogP contribution >= 0.6 is 0 Å². The molecule has 1 aromatic rings. The van der Waals surface area contributed by atoms with E-state index < -0.39 is 71.4 Å². The number of carbonyl (C=O) groups excluding carboxylic acids is 5. The van der Waals surface area contributed by atoms with Gasteiger partial charge in [-0.2, -0.15) is 9.89 Å². The molecule has 0 aliphatic heterocycles. The molecule has 15 heteroatoms. The number of aliphatic carboxylic acids is 1. The third-order valence-corrected chi connectivity index (χ3v) is 5.09. The minimum absolute atomic E-state index is 0.0648. The lowest BCUT2D eigenvalue weighted by molar-refractivity contribution is -0.142. The Morgan fingerprint density at radius 1 is 0.804 bits per heavy atom. The van der Waals surface area contributed by atoms with Crippen molar-refractivity contribution in [3.8, 4) is 0 Å². The highest BCUT2D eigenvalue weighted by atomic mass is 16.6. The van der Waals surface area contributed by atoms with Crippen LogP contribution in [0, 0.1) is 0 Å². The fourth-order valence-corrected chi connectivity index (χ4v) is 3.29. The van der Waals surface area contributed by atoms with E-state index in [2.05, 4.69) is 15.6 Å². The Labute approximate surface area is 269 Å². The highest BCUT2D eigenvalue weighted by Gasteiger charge is 2.36. The molecule has 0 spiro atoms. The molecule has 0 aromatic heterocycles. The van der Waals surface area contributed by atoms with E-state index in [-0.39, 0.29) is 24.3 Å². The summed E-state index contributed by atoms with van der Waals surface area (Å²) in [6.45, 7) is 15.8. The van der Waals surface area contributed by atoms with Gasteiger partial charge in [-0.1, -0.05) is 12.1 Å². The molecule has 0 saturated heterocycles. The SMILES string of the molecule is C[C@H](NC(=O)c1ccc(C(=NC(=O)OC(C)(C)C)N(C(=O)OC(C)(C)C)C(=O)OC(C)(C)C)cc1)C(=O)NCCCOCC(=O)O. The second kappa shape index (κ2) is 16.7. The molecule has 3 N–H and O–H groups in total. The van der Waals surface area contributed by atoms with E-state index in [1.54, 1.807) is 62.3 Å². The largest absolute Gasteiger partial charge is 0.480 e. The van der Waals surface area contributed by atoms with Crippen molar-refractivity contribution in [1.82, 2.24) is 15.5 Å². The summed E-state index contributed by atoms with van der Waals surface area (Å²) in [5.41, 5.74) is -2.84. The average Bonchev–Trinajstić information content (AvgIpc) is 2.86. The zero-order valence-electron chi connectivity index (χ0n) is 28.1. The van der Waals surface area contributed by atoms with Gasteiger partial charge in [0.1, 0.15) is 29.5 Å². The molecule has 1 aromatic carbocycles. The molecule has 0 unspecified atom stereocenters. The minimum atomic E-state index is -1.17. The van der Waals surface area contributed by atoms with Crippen LogP contribution in [0.1, 0.15) is 91.6 Å². The van der Waals surface area contributed by atoms with E-state index in [1.165, 1.54) is 31.2 Å². The average molecular weight is 651 g/mol. The number of nitrogens with one attached hydrogen (secondary N) is 2. The molecule has 0 aliphatic carbocycles. The zero-order valence-corrected chi connectivity index (χ0v) is 28.1. The molecule has 0 aliphatic rings. The van der Waals surface area contributed by atoms with Crippen LogP contribution in [0.2, 0.25) is 0 Å². The predicted octanol–water partition coefficient (Wildman–Crippen LogP) is 4.27. The number of amides is 5. The summed E-state index contributed by atoms with van der Waals surface area (Å²) in [6, 6.07) is 4.47. The second-order valence-corrected chi connectivity index (χ2v) is 13.1. The first-order valence-electron chi connectivity index (χ1n) is 14.6. The lowest BCUT2D eigenvalue weighted by Crippen LogP contribution is -2.47. The normalized spacial score (nSPS) is 12.8. The molecule has 15 nitrogen and oxygen atoms in total. The van der Waals surface area contributed by atoms with Gasteiger partial charge in [0, 0.05) is 24.3 Å². The van der Waals surface area contributed by atoms with Crippen LogP contribution in [0.3, 0.4) is 0 Å². The summed E-state index contributed by atoms with van der Waals surface area (Å²) in [5.74, 6) is -2.64. The predicted molar refractivity (Wildman–Crippen MR) is 167 cm³/mol. The van der Waals surface area contributed by atoms with E-state index in [4.69, 9.17) is 24.1 Å². The third-order valence-electron chi connectivity index (χ3n) is 5.09. The topological polar surface area (TPSA) is 199 Å². The molecule has 5 amide bonds. The van der Waals surface area contributed by atoms with Crippen molar-refractivity contribution in [1.29, 1.82) is 0 Å². The molecular formula is C31H46N4O11. The summed E-state index contributed by atoms with van der Waals surface area (Å²) < 4.78 is 21.1. The van der Waals surface area contributed by atoms with E-state index in [1.807, 2.05) is 0 Å². The minimum Gasteiger partial charge on any atom is -0.480 e. The van der Waals surface area contributed by atoms with Crippen LogP contribution in [0.25, 0.3) is 0 Å². The van der Waals surface area contributed by atoms with E-state index in [0.717, 1.165) is 0 Å². The number of hydrogen-bond acceptors (Lipinski definition) is 10. The van der Waals surface area contributed by atoms with Crippen molar-refractivity contribution in [3.63, 3.8) is 0 Å². The summed E-state index contributed by atoms with van der Waals surface area (Å²) in [7, 11) is 0. The number of nitrogens with zero attached hydrogens (tertiary/aromatic N) is 2. The summed E-state index contributed by atoms with van der Waals surface area (Å²) in [6.07, 6.45) is -3.06. The Morgan fingerprint density at radius 2 is 1.28 bits per heavy atom. The molecule has 1 atom stereocenters. The van der Waals surface area contributed by atoms with Gasteiger partial charge in [0.2, 0.25) is 5.91 Å². The van der Waals surface area contributed by atoms with Crippen molar-refractivity contribution in [2.75, 3.05) is 19.8 Å². The number of rotatable bonds is 10. The first kappa shape index (κ1) is 39.5. The van der Waals surface area contributed by atoms with Gasteiger partial charge in [-0.05, 0) is 87.8 Å². The first-order valence-corrected chi connectivity index (χ1v) is 14.6. The monoisotopic (exact) mass is 650 g/mol. The van der Waals surface area contributed by atoms with Crippen LogP contribution in [0.5, 0.6) is 0 Å². The van der Waals surface area contributed by atoms with Gasteiger partial charge in [0.15, 0.2) is 5.84 Å². The molecular weight excluding hydrogens is 604 g/mol. The Morgan fingerprint density at radius 3 is 1.74 bits per heavy atom. The Balaban J connectivity index is 3.30. The fraction of sp³-hybridized carbons (Fsp3) is 0.581. The Bertz CT molecular complexity index is 1260. The highest BCUT2D eigenvalue weighted by Crippen LogP contribution is 2.20. The van der Waals surface area contributed by atoms with Gasteiger partial charge in [0.25, 0.3) is 5.91 Å². The smallest absolute Gasteiger partial charge is 0.436 e. The number of ether oxygens (including phenoxy) is 4. The highest BCUT2D eigenvalue weighted by molar-refractivity contribution is 6.18. The van der Waals surface area contributed by atoms with Crippen LogP contribution in [0.15, 0.2) is 29.3 Å². The molecule has 46 heavy (non-hydrogen) atoms. The van der Waals surface area contributed by atoms with Crippen LogP contribution in [-0.4, -0.2) is 94.5 Å². The van der Waals surface area contributed by atoms with Crippen molar-refractivity contribution in [3.05, 3.63) is 35.4 Å². The number of aliphatic imine (C=N–C) groups is 1. The molecule has 0 bridgehead atoms. The van der Waals surface area contributed by atoms with Crippen molar-refractivity contribution in [2.45, 2.75) is 98.5 Å². The van der Waals surface area contributed by atoms with Crippen LogP contribution in [0.4, 0.5) is 14.4 Å². The Kier molecular flexibility index (Phi) is 14.3. The second-order valence-electron chi connectivity index (χ2n) is 13.1. The van der Waals surface area contributed by atoms with Gasteiger partial charge in [-0.3, -0.25) is 9.59 Å². The quantitative estimate of drug-likeness (QED) is 0.141.